The molecule has 2 fully saturated rings. The number of anilines is 2. The van der Waals surface area contributed by atoms with E-state index in [1.165, 1.54) is 0 Å². The van der Waals surface area contributed by atoms with Gasteiger partial charge in [0, 0.05) is 48.8 Å². The Morgan fingerprint density at radius 3 is 2.83 bits per heavy atom. The summed E-state index contributed by atoms with van der Waals surface area (Å²) in [5.74, 6) is -1.16. The molecule has 0 aliphatic carbocycles. The lowest BCUT2D eigenvalue weighted by molar-refractivity contribution is -0.137. The second-order valence-corrected chi connectivity index (χ2v) is 8.23. The first-order valence-electron chi connectivity index (χ1n) is 10.4. The number of rotatable bonds is 6. The van der Waals surface area contributed by atoms with Crippen molar-refractivity contribution in [2.75, 3.05) is 29.9 Å². The third-order valence-electron chi connectivity index (χ3n) is 6.45. The molecule has 3 aliphatic rings. The number of nitrogens with zero attached hydrogens (tertiary/aromatic N) is 2. The summed E-state index contributed by atoms with van der Waals surface area (Å²) >= 11 is 0. The summed E-state index contributed by atoms with van der Waals surface area (Å²) in [7, 11) is 0. The predicted molar refractivity (Wildman–Crippen MR) is 111 cm³/mol. The van der Waals surface area contributed by atoms with E-state index in [0.29, 0.717) is 36.4 Å². The maximum absolute atomic E-state index is 12.6. The number of carbonyl (C=O) groups excluding carboxylic acids is 3. The standard InChI is InChI=1S/C22H27N3O5/c1-14(4-2-6-19(27)24-10-3-5-16(24)13-26)22(30)17-12-15(25-11-9-20(25)28)7-8-18(17)23-21(22)29/h2,4,7-8,12,14,16,26,30H,3,5-6,9-11,13H2,1H3,(H,23,29)/b4-2+/t14-,16-,22+/m0/s1. The Balaban J connectivity index is 1.50. The third-order valence-corrected chi connectivity index (χ3v) is 6.45. The summed E-state index contributed by atoms with van der Waals surface area (Å²) in [5, 5.41) is 23.4. The van der Waals surface area contributed by atoms with Gasteiger partial charge in [0.25, 0.3) is 5.91 Å². The number of hydrogen-bond acceptors (Lipinski definition) is 5. The monoisotopic (exact) mass is 413 g/mol. The number of β-lactam (4-membered cyclic amide) rings is 1. The molecule has 0 saturated carbocycles. The van der Waals surface area contributed by atoms with Crippen LogP contribution in [0.5, 0.6) is 0 Å². The van der Waals surface area contributed by atoms with Gasteiger partial charge in [0.05, 0.1) is 12.6 Å². The van der Waals surface area contributed by atoms with Gasteiger partial charge >= 0.3 is 0 Å². The second kappa shape index (κ2) is 7.85. The predicted octanol–water partition coefficient (Wildman–Crippen LogP) is 1.13. The van der Waals surface area contributed by atoms with Crippen LogP contribution in [-0.2, 0) is 20.0 Å². The van der Waals surface area contributed by atoms with Crippen LogP contribution in [0.1, 0.15) is 38.2 Å². The summed E-state index contributed by atoms with van der Waals surface area (Å²) in [6, 6.07) is 5.03. The molecule has 3 N–H and O–H groups in total. The number of hydrogen-bond donors (Lipinski definition) is 3. The van der Waals surface area contributed by atoms with E-state index in [2.05, 4.69) is 5.32 Å². The maximum Gasteiger partial charge on any atom is 0.261 e. The number of aliphatic hydroxyl groups excluding tert-OH is 1. The highest BCUT2D eigenvalue weighted by atomic mass is 16.3. The molecule has 0 unspecified atom stereocenters. The molecule has 3 aliphatic heterocycles. The van der Waals surface area contributed by atoms with Crippen LogP contribution in [0.2, 0.25) is 0 Å². The molecule has 3 heterocycles. The molecule has 3 atom stereocenters. The fourth-order valence-corrected chi connectivity index (χ4v) is 4.49. The van der Waals surface area contributed by atoms with E-state index in [1.54, 1.807) is 47.1 Å². The first-order valence-corrected chi connectivity index (χ1v) is 10.4. The number of benzene rings is 1. The van der Waals surface area contributed by atoms with Gasteiger partial charge in [-0.3, -0.25) is 14.4 Å². The van der Waals surface area contributed by atoms with Gasteiger partial charge in [0.1, 0.15) is 0 Å². The third kappa shape index (κ3) is 3.30. The molecular weight excluding hydrogens is 386 g/mol. The number of amides is 3. The van der Waals surface area contributed by atoms with Crippen molar-refractivity contribution in [1.29, 1.82) is 0 Å². The number of likely N-dealkylation sites (tertiary alicyclic amines) is 1. The summed E-state index contributed by atoms with van der Waals surface area (Å²) in [6.07, 6.45) is 5.69. The first kappa shape index (κ1) is 20.6. The van der Waals surface area contributed by atoms with Crippen molar-refractivity contribution in [2.45, 2.75) is 44.2 Å². The van der Waals surface area contributed by atoms with Gasteiger partial charge in [-0.1, -0.05) is 19.1 Å². The molecule has 1 aromatic rings. The lowest BCUT2D eigenvalue weighted by atomic mass is 9.82. The Labute approximate surface area is 175 Å². The average molecular weight is 413 g/mol. The summed E-state index contributed by atoms with van der Waals surface area (Å²) in [5.41, 5.74) is -0.151. The molecule has 0 aromatic heterocycles. The Bertz CT molecular complexity index is 914. The smallest absolute Gasteiger partial charge is 0.261 e. The zero-order valence-corrected chi connectivity index (χ0v) is 17.0. The normalized spacial score (nSPS) is 26.7. The van der Waals surface area contributed by atoms with Crippen molar-refractivity contribution in [2.24, 2.45) is 5.92 Å². The van der Waals surface area contributed by atoms with Gasteiger partial charge in [-0.05, 0) is 31.0 Å². The molecule has 3 amide bonds. The number of nitrogens with one attached hydrogen (secondary N) is 1. The molecule has 1 aromatic carbocycles. The summed E-state index contributed by atoms with van der Waals surface area (Å²) in [6.45, 7) is 2.96. The molecule has 8 nitrogen and oxygen atoms in total. The van der Waals surface area contributed by atoms with E-state index >= 15 is 0 Å². The Hall–Kier alpha value is -2.71. The van der Waals surface area contributed by atoms with Gasteiger partial charge in [-0.2, -0.15) is 0 Å². The number of carbonyl (C=O) groups is 3. The minimum Gasteiger partial charge on any atom is -0.394 e. The second-order valence-electron chi connectivity index (χ2n) is 8.23. The van der Waals surface area contributed by atoms with Crippen molar-refractivity contribution >= 4 is 29.1 Å². The minimum atomic E-state index is -1.78. The quantitative estimate of drug-likeness (QED) is 0.478. The number of fused-ring (bicyclic) bond motifs is 1. The molecule has 2 saturated heterocycles. The van der Waals surface area contributed by atoms with Crippen LogP contribution < -0.4 is 10.2 Å². The molecule has 160 valence electrons. The van der Waals surface area contributed by atoms with E-state index < -0.39 is 17.4 Å². The Morgan fingerprint density at radius 1 is 1.37 bits per heavy atom. The maximum atomic E-state index is 12.6. The van der Waals surface area contributed by atoms with Crippen molar-refractivity contribution in [3.63, 3.8) is 0 Å². The highest BCUT2D eigenvalue weighted by molar-refractivity contribution is 6.06. The SMILES string of the molecule is C[C@@H](/C=C/CC(=O)N1CCC[C@H]1CO)[C@]1(O)C(=O)Nc2ccc(N3CCC3=O)cc21. The highest BCUT2D eigenvalue weighted by Gasteiger charge is 2.49. The van der Waals surface area contributed by atoms with Crippen molar-refractivity contribution in [3.05, 3.63) is 35.9 Å². The molecule has 30 heavy (non-hydrogen) atoms. The molecule has 0 bridgehead atoms. The van der Waals surface area contributed by atoms with Crippen LogP contribution in [0.4, 0.5) is 11.4 Å². The lowest BCUT2D eigenvalue weighted by Crippen LogP contribution is -2.44. The van der Waals surface area contributed by atoms with Crippen LogP contribution >= 0.6 is 0 Å². The van der Waals surface area contributed by atoms with Crippen molar-refractivity contribution < 1.29 is 24.6 Å². The van der Waals surface area contributed by atoms with Gasteiger partial charge in [0.2, 0.25) is 11.8 Å². The topological polar surface area (TPSA) is 110 Å². The van der Waals surface area contributed by atoms with Gasteiger partial charge in [0.15, 0.2) is 5.60 Å². The van der Waals surface area contributed by atoms with Gasteiger partial charge < -0.3 is 25.3 Å². The molecule has 0 radical (unpaired) electrons. The molecule has 8 heteroatoms. The molecule has 0 spiro atoms. The molecular formula is C22H27N3O5. The first-order chi connectivity index (χ1) is 14.4. The summed E-state index contributed by atoms with van der Waals surface area (Å²) in [4.78, 5) is 40.1. The lowest BCUT2D eigenvalue weighted by Gasteiger charge is -2.32. The zero-order valence-electron chi connectivity index (χ0n) is 17.0. The van der Waals surface area contributed by atoms with Crippen molar-refractivity contribution in [1.82, 2.24) is 4.90 Å². The summed E-state index contributed by atoms with van der Waals surface area (Å²) < 4.78 is 0. The Kier molecular flexibility index (Phi) is 5.38. The van der Waals surface area contributed by atoms with Crippen LogP contribution in [0.3, 0.4) is 0 Å². The largest absolute Gasteiger partial charge is 0.394 e. The fraction of sp³-hybridized carbons (Fsp3) is 0.500. The van der Waals surface area contributed by atoms with E-state index in [0.717, 1.165) is 12.8 Å². The van der Waals surface area contributed by atoms with Crippen LogP contribution in [0.25, 0.3) is 0 Å². The van der Waals surface area contributed by atoms with Crippen LogP contribution in [-0.4, -0.2) is 58.6 Å². The van der Waals surface area contributed by atoms with E-state index in [4.69, 9.17) is 0 Å². The molecule has 4 rings (SSSR count). The van der Waals surface area contributed by atoms with Crippen LogP contribution in [0.15, 0.2) is 30.4 Å². The van der Waals surface area contributed by atoms with Crippen LogP contribution in [0, 0.1) is 5.92 Å². The van der Waals surface area contributed by atoms with Gasteiger partial charge in [-0.25, -0.2) is 0 Å². The van der Waals surface area contributed by atoms with E-state index in [1.807, 2.05) is 0 Å². The highest BCUT2D eigenvalue weighted by Crippen LogP contribution is 2.43. The van der Waals surface area contributed by atoms with Gasteiger partial charge in [-0.15, -0.1) is 0 Å². The fourth-order valence-electron chi connectivity index (χ4n) is 4.49. The Morgan fingerprint density at radius 2 is 2.17 bits per heavy atom. The minimum absolute atomic E-state index is 0.0188. The average Bonchev–Trinajstić information content (AvgIpc) is 3.30. The zero-order chi connectivity index (χ0) is 21.5. The number of aliphatic hydroxyl groups is 2. The van der Waals surface area contributed by atoms with Crippen molar-refractivity contribution in [3.8, 4) is 0 Å². The van der Waals surface area contributed by atoms with E-state index in [-0.39, 0.29) is 30.9 Å². The van der Waals surface area contributed by atoms with E-state index in [9.17, 15) is 24.6 Å².